The van der Waals surface area contributed by atoms with Gasteiger partial charge in [-0.1, -0.05) is 157 Å². The topological polar surface area (TPSA) is 6.48 Å². The monoisotopic (exact) mass is 718 g/mol. The SMILES string of the molecule is c1cc(-c2ccc(N(c3cc4ccccc4c4ccccc34)c3cc4ccccc4c4ccccc34)cc2)cc(N2c3ccccc3Sc3ccccc32)c1. The Labute approximate surface area is 324 Å². The first-order chi connectivity index (χ1) is 27.3. The smallest absolute Gasteiger partial charge is 0.0601 e. The molecule has 258 valence electrons. The van der Waals surface area contributed by atoms with E-state index in [4.69, 9.17) is 0 Å². The summed E-state index contributed by atoms with van der Waals surface area (Å²) in [5, 5.41) is 9.90. The first-order valence-corrected chi connectivity index (χ1v) is 19.6. The summed E-state index contributed by atoms with van der Waals surface area (Å²) in [5.74, 6) is 0. The van der Waals surface area contributed by atoms with E-state index in [1.165, 1.54) is 75.4 Å². The highest BCUT2D eigenvalue weighted by Crippen LogP contribution is 2.52. The number of benzene rings is 10. The van der Waals surface area contributed by atoms with Gasteiger partial charge < -0.3 is 9.80 Å². The molecule has 1 aliphatic rings. The second-order valence-electron chi connectivity index (χ2n) is 14.1. The molecule has 0 radical (unpaired) electrons. The van der Waals surface area contributed by atoms with E-state index in [9.17, 15) is 0 Å². The van der Waals surface area contributed by atoms with Gasteiger partial charge in [-0.3, -0.25) is 0 Å². The molecule has 1 aliphatic heterocycles. The summed E-state index contributed by atoms with van der Waals surface area (Å²) >= 11 is 1.84. The van der Waals surface area contributed by atoms with Crippen molar-refractivity contribution in [2.75, 3.05) is 9.80 Å². The van der Waals surface area contributed by atoms with Gasteiger partial charge in [0.1, 0.15) is 0 Å². The van der Waals surface area contributed by atoms with Gasteiger partial charge in [0.15, 0.2) is 0 Å². The predicted octanol–water partition coefficient (Wildman–Crippen LogP) is 15.4. The van der Waals surface area contributed by atoms with Gasteiger partial charge in [-0.15, -0.1) is 0 Å². The Hall–Kier alpha value is -6.81. The molecule has 0 spiro atoms. The van der Waals surface area contributed by atoms with Crippen LogP contribution >= 0.6 is 11.8 Å². The van der Waals surface area contributed by atoms with Crippen LogP contribution in [0.4, 0.5) is 34.1 Å². The molecule has 0 aromatic heterocycles. The van der Waals surface area contributed by atoms with Crippen molar-refractivity contribution in [3.63, 3.8) is 0 Å². The highest BCUT2D eigenvalue weighted by molar-refractivity contribution is 7.99. The molecule has 11 rings (SSSR count). The van der Waals surface area contributed by atoms with Crippen molar-refractivity contribution in [1.82, 2.24) is 0 Å². The zero-order chi connectivity index (χ0) is 36.3. The average Bonchev–Trinajstić information content (AvgIpc) is 3.26. The van der Waals surface area contributed by atoms with E-state index >= 15 is 0 Å². The number of fused-ring (bicyclic) bond motifs is 8. The molecule has 55 heavy (non-hydrogen) atoms. The maximum absolute atomic E-state index is 2.48. The lowest BCUT2D eigenvalue weighted by Crippen LogP contribution is -2.14. The summed E-state index contributed by atoms with van der Waals surface area (Å²) in [6, 6.07) is 75.4. The fraction of sp³-hybridized carbons (Fsp3) is 0. The molecular weight excluding hydrogens is 685 g/mol. The predicted molar refractivity (Wildman–Crippen MR) is 235 cm³/mol. The number of hydrogen-bond acceptors (Lipinski definition) is 3. The fourth-order valence-electron chi connectivity index (χ4n) is 8.46. The molecule has 0 N–H and O–H groups in total. The van der Waals surface area contributed by atoms with Gasteiger partial charge >= 0.3 is 0 Å². The molecule has 0 saturated heterocycles. The van der Waals surface area contributed by atoms with Crippen molar-refractivity contribution < 1.29 is 0 Å². The van der Waals surface area contributed by atoms with E-state index in [0.717, 1.165) is 22.7 Å². The van der Waals surface area contributed by atoms with Gasteiger partial charge in [0.25, 0.3) is 0 Å². The van der Waals surface area contributed by atoms with Crippen LogP contribution in [-0.4, -0.2) is 0 Å². The second-order valence-corrected chi connectivity index (χ2v) is 15.2. The molecule has 0 unspecified atom stereocenters. The summed E-state index contributed by atoms with van der Waals surface area (Å²) in [6.45, 7) is 0. The number of hydrogen-bond donors (Lipinski definition) is 0. The Bertz CT molecular complexity index is 2930. The normalized spacial score (nSPS) is 12.3. The summed E-state index contributed by atoms with van der Waals surface area (Å²) in [4.78, 5) is 7.40. The lowest BCUT2D eigenvalue weighted by Gasteiger charge is -2.33. The van der Waals surface area contributed by atoms with Gasteiger partial charge in [-0.25, -0.2) is 0 Å². The van der Waals surface area contributed by atoms with Crippen LogP contribution in [0.25, 0.3) is 54.2 Å². The third kappa shape index (κ3) is 5.27. The molecule has 0 atom stereocenters. The minimum atomic E-state index is 1.11. The minimum Gasteiger partial charge on any atom is -0.309 e. The number of para-hydroxylation sites is 2. The summed E-state index contributed by atoms with van der Waals surface area (Å²) in [7, 11) is 0. The minimum absolute atomic E-state index is 1.11. The zero-order valence-corrected chi connectivity index (χ0v) is 30.7. The van der Waals surface area contributed by atoms with E-state index in [1.54, 1.807) is 0 Å². The van der Waals surface area contributed by atoms with Crippen molar-refractivity contribution in [1.29, 1.82) is 0 Å². The van der Waals surface area contributed by atoms with Crippen LogP contribution in [-0.2, 0) is 0 Å². The average molecular weight is 719 g/mol. The number of anilines is 6. The Kier molecular flexibility index (Phi) is 7.46. The first-order valence-electron chi connectivity index (χ1n) is 18.8. The van der Waals surface area contributed by atoms with Crippen LogP contribution in [0.5, 0.6) is 0 Å². The van der Waals surface area contributed by atoms with Gasteiger partial charge in [0, 0.05) is 31.9 Å². The zero-order valence-electron chi connectivity index (χ0n) is 29.9. The fourth-order valence-corrected chi connectivity index (χ4v) is 9.52. The number of nitrogens with zero attached hydrogens (tertiary/aromatic N) is 2. The lowest BCUT2D eigenvalue weighted by molar-refractivity contribution is 1.17. The van der Waals surface area contributed by atoms with E-state index in [1.807, 2.05) is 11.8 Å². The van der Waals surface area contributed by atoms with Crippen LogP contribution in [0.1, 0.15) is 0 Å². The largest absolute Gasteiger partial charge is 0.309 e. The van der Waals surface area contributed by atoms with E-state index in [0.29, 0.717) is 0 Å². The standard InChI is InChI=1S/C52H34N2S/c1-3-18-41-37(14-1)33-49(45-22-7-5-20-43(41)45)53(50-34-38-15-2-4-19-42(38)44-21-6-8-23-46(44)50)39-30-28-35(29-31-39)36-16-13-17-40(32-36)54-47-24-9-11-26-51(47)55-52-27-12-10-25-48(52)54/h1-34H. The first kappa shape index (κ1) is 31.7. The van der Waals surface area contributed by atoms with E-state index in [-0.39, 0.29) is 0 Å². The van der Waals surface area contributed by atoms with Crippen LogP contribution in [0, 0.1) is 0 Å². The highest BCUT2D eigenvalue weighted by Gasteiger charge is 2.25. The number of rotatable bonds is 5. The van der Waals surface area contributed by atoms with Crippen molar-refractivity contribution in [2.45, 2.75) is 9.79 Å². The van der Waals surface area contributed by atoms with Crippen LogP contribution in [0.3, 0.4) is 0 Å². The molecular formula is C52H34N2S. The van der Waals surface area contributed by atoms with Gasteiger partial charge in [-0.2, -0.15) is 0 Å². The van der Waals surface area contributed by atoms with E-state index < -0.39 is 0 Å². The van der Waals surface area contributed by atoms with Crippen LogP contribution in [0.2, 0.25) is 0 Å². The molecule has 0 saturated carbocycles. The van der Waals surface area contributed by atoms with Crippen molar-refractivity contribution in [2.24, 2.45) is 0 Å². The van der Waals surface area contributed by atoms with Crippen LogP contribution in [0.15, 0.2) is 216 Å². The molecule has 0 bridgehead atoms. The van der Waals surface area contributed by atoms with Crippen molar-refractivity contribution in [3.05, 3.63) is 206 Å². The molecule has 0 amide bonds. The van der Waals surface area contributed by atoms with Gasteiger partial charge in [0.2, 0.25) is 0 Å². The summed E-state index contributed by atoms with van der Waals surface area (Å²) in [6.07, 6.45) is 0. The molecule has 2 nitrogen and oxygen atoms in total. The third-order valence-electron chi connectivity index (χ3n) is 11.0. The second kappa shape index (κ2) is 12.9. The molecule has 0 aliphatic carbocycles. The quantitative estimate of drug-likeness (QED) is 0.164. The highest BCUT2D eigenvalue weighted by atomic mass is 32.2. The molecule has 3 heteroatoms. The van der Waals surface area contributed by atoms with Gasteiger partial charge in [-0.05, 0) is 104 Å². The Morgan fingerprint density at radius 1 is 0.345 bits per heavy atom. The molecule has 10 aromatic rings. The van der Waals surface area contributed by atoms with Crippen molar-refractivity contribution >= 4 is 89.0 Å². The Balaban J connectivity index is 1.09. The molecule has 1 heterocycles. The maximum atomic E-state index is 2.48. The summed E-state index contributed by atoms with van der Waals surface area (Å²) < 4.78 is 0. The van der Waals surface area contributed by atoms with Crippen LogP contribution < -0.4 is 9.80 Å². The molecule has 0 fully saturated rings. The summed E-state index contributed by atoms with van der Waals surface area (Å²) in [5.41, 5.74) is 9.33. The van der Waals surface area contributed by atoms with E-state index in [2.05, 4.69) is 216 Å². The third-order valence-corrected chi connectivity index (χ3v) is 12.1. The van der Waals surface area contributed by atoms with Crippen molar-refractivity contribution in [3.8, 4) is 11.1 Å². The Morgan fingerprint density at radius 2 is 0.818 bits per heavy atom. The lowest BCUT2D eigenvalue weighted by atomic mass is 9.96. The molecule has 10 aromatic carbocycles. The van der Waals surface area contributed by atoms with Gasteiger partial charge in [0.05, 0.1) is 22.7 Å². The maximum Gasteiger partial charge on any atom is 0.0601 e. The Morgan fingerprint density at radius 3 is 1.38 bits per heavy atom.